The zero-order chi connectivity index (χ0) is 26.0. The van der Waals surface area contributed by atoms with E-state index in [9.17, 15) is 5.11 Å². The second-order valence-corrected chi connectivity index (χ2v) is 10.7. The summed E-state index contributed by atoms with van der Waals surface area (Å²) >= 11 is 0. The van der Waals surface area contributed by atoms with Crippen LogP contribution in [-0.2, 0) is 17.4 Å². The fourth-order valence-electron chi connectivity index (χ4n) is 4.91. The number of aromatic nitrogens is 3. The first kappa shape index (κ1) is 24.7. The van der Waals surface area contributed by atoms with Crippen molar-refractivity contribution in [3.8, 4) is 0 Å². The molecule has 37 heavy (non-hydrogen) atoms. The smallest absolute Gasteiger partial charge is 0.156 e. The third-order valence-corrected chi connectivity index (χ3v) is 7.02. The standard InChI is InChI=1S/C32H33N3O2/c1-23(19-24-13-7-5-8-14-24)30(36)32(21-25-15-9-6-10-16-25,29-20-26(22-37-29)31(2,3)4)35-28-18-12-11-17-27(28)33-34-35/h5-20,22,30,36H,21H2,1-4H3/b23-19-. The van der Waals surface area contributed by atoms with Gasteiger partial charge in [0.1, 0.15) is 17.4 Å². The number of fused-ring (bicyclic) bond motifs is 1. The molecule has 1 N–H and O–H groups in total. The molecule has 0 amide bonds. The summed E-state index contributed by atoms with van der Waals surface area (Å²) in [5.74, 6) is 0.644. The van der Waals surface area contributed by atoms with Gasteiger partial charge in [-0.15, -0.1) is 5.10 Å². The van der Waals surface area contributed by atoms with Crippen molar-refractivity contribution < 1.29 is 9.52 Å². The van der Waals surface area contributed by atoms with Crippen LogP contribution >= 0.6 is 0 Å². The minimum absolute atomic E-state index is 0.120. The van der Waals surface area contributed by atoms with Crippen LogP contribution in [0.2, 0.25) is 0 Å². The van der Waals surface area contributed by atoms with E-state index in [1.807, 2.05) is 90.5 Å². The minimum atomic E-state index is -1.09. The number of benzene rings is 3. The number of hydrogen-bond donors (Lipinski definition) is 1. The molecule has 0 aliphatic rings. The lowest BCUT2D eigenvalue weighted by Crippen LogP contribution is -2.49. The van der Waals surface area contributed by atoms with Gasteiger partial charge in [0.05, 0.1) is 11.8 Å². The van der Waals surface area contributed by atoms with Crippen molar-refractivity contribution in [2.45, 2.75) is 51.2 Å². The molecule has 0 aliphatic heterocycles. The van der Waals surface area contributed by atoms with Crippen LogP contribution in [0.5, 0.6) is 0 Å². The van der Waals surface area contributed by atoms with Crippen LogP contribution in [0, 0.1) is 0 Å². The summed E-state index contributed by atoms with van der Waals surface area (Å²) in [4.78, 5) is 0. The minimum Gasteiger partial charge on any atom is -0.466 e. The van der Waals surface area contributed by atoms with Crippen molar-refractivity contribution in [3.63, 3.8) is 0 Å². The summed E-state index contributed by atoms with van der Waals surface area (Å²) in [7, 11) is 0. The molecular weight excluding hydrogens is 458 g/mol. The average molecular weight is 492 g/mol. The number of nitrogens with zero attached hydrogens (tertiary/aromatic N) is 3. The first-order chi connectivity index (χ1) is 17.8. The number of aliphatic hydroxyl groups is 1. The summed E-state index contributed by atoms with van der Waals surface area (Å²) in [5, 5.41) is 21.4. The van der Waals surface area contributed by atoms with E-state index in [1.54, 1.807) is 6.26 Å². The van der Waals surface area contributed by atoms with E-state index in [2.05, 4.69) is 49.3 Å². The second-order valence-electron chi connectivity index (χ2n) is 10.7. The molecular formula is C32H33N3O2. The summed E-state index contributed by atoms with van der Waals surface area (Å²) in [5.41, 5.74) is 4.32. The molecule has 2 atom stereocenters. The van der Waals surface area contributed by atoms with Crippen LogP contribution in [0.25, 0.3) is 17.1 Å². The van der Waals surface area contributed by atoms with Gasteiger partial charge in [0.25, 0.3) is 0 Å². The van der Waals surface area contributed by atoms with Gasteiger partial charge in [-0.1, -0.05) is 105 Å². The van der Waals surface area contributed by atoms with Crippen LogP contribution in [0.4, 0.5) is 0 Å². The van der Waals surface area contributed by atoms with Gasteiger partial charge in [-0.25, -0.2) is 4.68 Å². The summed E-state index contributed by atoms with van der Waals surface area (Å²) in [6, 6.07) is 30.1. The van der Waals surface area contributed by atoms with Crippen LogP contribution < -0.4 is 0 Å². The van der Waals surface area contributed by atoms with Crippen molar-refractivity contribution in [2.24, 2.45) is 0 Å². The van der Waals surface area contributed by atoms with Crippen molar-refractivity contribution in [3.05, 3.63) is 125 Å². The predicted octanol–water partition coefficient (Wildman–Crippen LogP) is 6.77. The Balaban J connectivity index is 1.79. The Hall–Kier alpha value is -3.96. The molecule has 2 aromatic heterocycles. The fraction of sp³-hybridized carbons (Fsp3) is 0.250. The summed E-state index contributed by atoms with van der Waals surface area (Å²) in [6.07, 6.45) is 3.32. The number of para-hydroxylation sites is 1. The van der Waals surface area contributed by atoms with Gasteiger partial charge in [0, 0.05) is 6.42 Å². The maximum atomic E-state index is 12.3. The molecule has 0 bridgehead atoms. The first-order valence-corrected chi connectivity index (χ1v) is 12.6. The third-order valence-electron chi connectivity index (χ3n) is 7.02. The van der Waals surface area contributed by atoms with Gasteiger partial charge < -0.3 is 9.52 Å². The van der Waals surface area contributed by atoms with Crippen molar-refractivity contribution in [2.75, 3.05) is 0 Å². The molecule has 5 nitrogen and oxygen atoms in total. The Morgan fingerprint density at radius 3 is 2.27 bits per heavy atom. The van der Waals surface area contributed by atoms with Gasteiger partial charge in [0.2, 0.25) is 0 Å². The van der Waals surface area contributed by atoms with E-state index in [-0.39, 0.29) is 5.41 Å². The maximum Gasteiger partial charge on any atom is 0.156 e. The van der Waals surface area contributed by atoms with Gasteiger partial charge >= 0.3 is 0 Å². The van der Waals surface area contributed by atoms with Gasteiger partial charge in [-0.3, -0.25) is 0 Å². The van der Waals surface area contributed by atoms with Crippen LogP contribution in [0.3, 0.4) is 0 Å². The quantitative estimate of drug-likeness (QED) is 0.273. The molecule has 0 spiro atoms. The Morgan fingerprint density at radius 1 is 0.946 bits per heavy atom. The monoisotopic (exact) mass is 491 g/mol. The summed E-state index contributed by atoms with van der Waals surface area (Å²) < 4.78 is 8.20. The topological polar surface area (TPSA) is 64.1 Å². The number of rotatable bonds is 7. The highest BCUT2D eigenvalue weighted by atomic mass is 16.3. The highest BCUT2D eigenvalue weighted by Gasteiger charge is 2.48. The maximum absolute atomic E-state index is 12.3. The summed E-state index contributed by atoms with van der Waals surface area (Å²) in [6.45, 7) is 8.43. The van der Waals surface area contributed by atoms with Crippen molar-refractivity contribution in [1.29, 1.82) is 0 Å². The van der Waals surface area contributed by atoms with Crippen molar-refractivity contribution in [1.82, 2.24) is 15.0 Å². The molecule has 2 heterocycles. The Morgan fingerprint density at radius 2 is 1.59 bits per heavy atom. The molecule has 0 radical (unpaired) electrons. The lowest BCUT2D eigenvalue weighted by atomic mass is 9.78. The first-order valence-electron chi connectivity index (χ1n) is 12.6. The lowest BCUT2D eigenvalue weighted by molar-refractivity contribution is 0.0664. The zero-order valence-electron chi connectivity index (χ0n) is 21.8. The van der Waals surface area contributed by atoms with E-state index in [0.29, 0.717) is 12.2 Å². The number of aliphatic hydroxyl groups excluding tert-OH is 1. The molecule has 5 heteroatoms. The molecule has 0 fully saturated rings. The highest BCUT2D eigenvalue weighted by Crippen LogP contribution is 2.41. The molecule has 0 saturated heterocycles. The lowest BCUT2D eigenvalue weighted by Gasteiger charge is -2.37. The van der Waals surface area contributed by atoms with Gasteiger partial charge in [-0.05, 0) is 52.8 Å². The Bertz CT molecular complexity index is 1510. The zero-order valence-corrected chi connectivity index (χ0v) is 21.8. The van der Waals surface area contributed by atoms with E-state index < -0.39 is 11.6 Å². The predicted molar refractivity (Wildman–Crippen MR) is 148 cm³/mol. The Kier molecular flexibility index (Phi) is 6.57. The highest BCUT2D eigenvalue weighted by molar-refractivity contribution is 5.74. The SMILES string of the molecule is C/C(=C/c1ccccc1)C(O)C(Cc1ccccc1)(c1cc(C(C)(C)C)co1)n1nnc2ccccc21. The average Bonchev–Trinajstić information content (AvgIpc) is 3.57. The molecule has 0 aliphatic carbocycles. The number of hydrogen-bond acceptors (Lipinski definition) is 4. The Labute approximate surface area is 218 Å². The van der Waals surface area contributed by atoms with E-state index in [0.717, 1.165) is 33.3 Å². The fourth-order valence-corrected chi connectivity index (χ4v) is 4.91. The van der Waals surface area contributed by atoms with Crippen molar-refractivity contribution >= 4 is 17.1 Å². The molecule has 3 aromatic carbocycles. The van der Waals surface area contributed by atoms with E-state index >= 15 is 0 Å². The van der Waals surface area contributed by atoms with Crippen LogP contribution in [0.15, 0.2) is 107 Å². The molecule has 5 rings (SSSR count). The third kappa shape index (κ3) is 4.75. The van der Waals surface area contributed by atoms with Gasteiger partial charge in [-0.2, -0.15) is 0 Å². The molecule has 188 valence electrons. The van der Waals surface area contributed by atoms with E-state index in [4.69, 9.17) is 4.42 Å². The van der Waals surface area contributed by atoms with Crippen LogP contribution in [-0.4, -0.2) is 26.2 Å². The molecule has 5 aromatic rings. The van der Waals surface area contributed by atoms with E-state index in [1.165, 1.54) is 0 Å². The molecule has 0 saturated carbocycles. The van der Waals surface area contributed by atoms with Crippen LogP contribution in [0.1, 0.15) is 50.1 Å². The number of furan rings is 1. The normalized spacial score (nSPS) is 15.0. The van der Waals surface area contributed by atoms with Gasteiger partial charge in [0.15, 0.2) is 5.54 Å². The largest absolute Gasteiger partial charge is 0.466 e. The second kappa shape index (κ2) is 9.83. The molecule has 2 unspecified atom stereocenters.